The molecule has 1 aromatic heterocycles. The van der Waals surface area contributed by atoms with Gasteiger partial charge in [0.2, 0.25) is 5.58 Å². The number of phenols is 1. The highest BCUT2D eigenvalue weighted by atomic mass is 16.6. The van der Waals surface area contributed by atoms with E-state index in [4.69, 9.17) is 4.42 Å². The van der Waals surface area contributed by atoms with Crippen molar-refractivity contribution in [3.05, 3.63) is 124 Å². The first-order valence-electron chi connectivity index (χ1n) is 13.3. The maximum absolute atomic E-state index is 11.5. The van der Waals surface area contributed by atoms with Crippen molar-refractivity contribution in [3.8, 4) is 5.75 Å². The van der Waals surface area contributed by atoms with Crippen molar-refractivity contribution >= 4 is 39.3 Å². The van der Waals surface area contributed by atoms with Gasteiger partial charge < -0.3 is 14.4 Å². The number of aryl methyl sites for hydroxylation is 1. The third kappa shape index (κ3) is 4.02. The molecule has 0 bridgehead atoms. The lowest BCUT2D eigenvalue weighted by Gasteiger charge is -2.29. The second-order valence-electron chi connectivity index (χ2n) is 10.4. The van der Waals surface area contributed by atoms with Gasteiger partial charge in [-0.1, -0.05) is 48.5 Å². The van der Waals surface area contributed by atoms with Gasteiger partial charge in [0.05, 0.1) is 11.0 Å². The summed E-state index contributed by atoms with van der Waals surface area (Å²) < 4.78 is 8.27. The van der Waals surface area contributed by atoms with Crippen LogP contribution < -0.4 is 9.47 Å². The van der Waals surface area contributed by atoms with Crippen molar-refractivity contribution in [2.24, 2.45) is 0 Å². The zero-order chi connectivity index (χ0) is 28.0. The molecule has 1 N–H and O–H groups in total. The number of benzene rings is 4. The summed E-state index contributed by atoms with van der Waals surface area (Å²) in [7, 11) is 2.04. The van der Waals surface area contributed by atoms with Gasteiger partial charge in [0, 0.05) is 47.6 Å². The van der Waals surface area contributed by atoms with Crippen LogP contribution in [-0.4, -0.2) is 17.1 Å². The van der Waals surface area contributed by atoms with Crippen molar-refractivity contribution in [1.82, 2.24) is 0 Å². The number of fused-ring (bicyclic) bond motifs is 4. The fourth-order valence-electron chi connectivity index (χ4n) is 6.15. The zero-order valence-corrected chi connectivity index (χ0v) is 22.7. The molecule has 7 heteroatoms. The predicted molar refractivity (Wildman–Crippen MR) is 157 cm³/mol. The van der Waals surface area contributed by atoms with Crippen LogP contribution in [0.3, 0.4) is 0 Å². The normalized spacial score (nSPS) is 17.9. The highest BCUT2D eigenvalue weighted by Gasteiger charge is 2.44. The smallest absolute Gasteiger partial charge is 0.374 e. The van der Waals surface area contributed by atoms with E-state index in [9.17, 15) is 15.2 Å². The van der Waals surface area contributed by atoms with Crippen LogP contribution in [0.1, 0.15) is 30.9 Å². The number of oxazole rings is 1. The van der Waals surface area contributed by atoms with E-state index in [1.54, 1.807) is 0 Å². The molecule has 0 saturated heterocycles. The van der Waals surface area contributed by atoms with Gasteiger partial charge in [0.1, 0.15) is 12.3 Å². The molecule has 0 fully saturated rings. The van der Waals surface area contributed by atoms with Crippen molar-refractivity contribution in [2.45, 2.75) is 32.2 Å². The number of nitro benzene ring substituents is 1. The van der Waals surface area contributed by atoms with Crippen molar-refractivity contribution in [3.63, 3.8) is 0 Å². The van der Waals surface area contributed by atoms with Gasteiger partial charge in [-0.05, 0) is 60.9 Å². The quantitative estimate of drug-likeness (QED) is 0.144. The van der Waals surface area contributed by atoms with Gasteiger partial charge in [-0.3, -0.25) is 10.1 Å². The Morgan fingerprint density at radius 1 is 1.07 bits per heavy atom. The van der Waals surface area contributed by atoms with Crippen LogP contribution in [0.5, 0.6) is 5.75 Å². The average Bonchev–Trinajstić information content (AvgIpc) is 3.42. The molecular formula is C33H30N3O4+. The van der Waals surface area contributed by atoms with Crippen molar-refractivity contribution in [1.29, 1.82) is 0 Å². The number of hydrogen-bond acceptors (Lipinski definition) is 5. The minimum atomic E-state index is -0.587. The molecule has 5 aromatic rings. The van der Waals surface area contributed by atoms with Crippen LogP contribution in [-0.2, 0) is 18.4 Å². The molecule has 0 spiro atoms. The van der Waals surface area contributed by atoms with Crippen LogP contribution >= 0.6 is 0 Å². The Bertz CT molecular complexity index is 1850. The van der Waals surface area contributed by atoms with Gasteiger partial charge >= 0.3 is 5.89 Å². The second-order valence-corrected chi connectivity index (χ2v) is 10.4. The molecule has 40 heavy (non-hydrogen) atoms. The zero-order valence-electron chi connectivity index (χ0n) is 22.7. The fraction of sp³-hybridized carbons (Fsp3) is 0.182. The average molecular weight is 533 g/mol. The van der Waals surface area contributed by atoms with Gasteiger partial charge in [0.15, 0.2) is 0 Å². The van der Waals surface area contributed by atoms with Crippen molar-refractivity contribution < 1.29 is 19.0 Å². The second kappa shape index (κ2) is 9.68. The SMILES string of the molecule is CC[n+]1c(C=CC=C2N(C)c3ccc4ccccc4c3C2(C)Cc2cc([N+](=O)[O-])ccc2O)oc2ccccc21. The number of anilines is 1. The molecule has 0 saturated carbocycles. The number of aromatic nitrogens is 1. The Morgan fingerprint density at radius 2 is 1.85 bits per heavy atom. The fourth-order valence-corrected chi connectivity index (χ4v) is 6.15. The van der Waals surface area contributed by atoms with Crippen LogP contribution in [0, 0.1) is 10.1 Å². The van der Waals surface area contributed by atoms with E-state index < -0.39 is 10.3 Å². The molecule has 4 aromatic carbocycles. The minimum absolute atomic E-state index is 0.0414. The first-order valence-corrected chi connectivity index (χ1v) is 13.3. The summed E-state index contributed by atoms with van der Waals surface area (Å²) in [5.41, 5.74) is 4.99. The molecule has 1 aliphatic rings. The molecule has 200 valence electrons. The highest BCUT2D eigenvalue weighted by Crippen LogP contribution is 2.52. The van der Waals surface area contributed by atoms with Crippen LogP contribution in [0.15, 0.2) is 101 Å². The third-order valence-electron chi connectivity index (χ3n) is 8.01. The van der Waals surface area contributed by atoms with E-state index in [0.29, 0.717) is 12.0 Å². The van der Waals surface area contributed by atoms with Gasteiger partial charge in [-0.15, -0.1) is 0 Å². The first-order chi connectivity index (χ1) is 19.3. The van der Waals surface area contributed by atoms with E-state index in [2.05, 4.69) is 53.7 Å². The number of para-hydroxylation sites is 2. The lowest BCUT2D eigenvalue weighted by molar-refractivity contribution is -0.674. The van der Waals surface area contributed by atoms with Gasteiger partial charge in [-0.2, -0.15) is 4.57 Å². The number of hydrogen-bond donors (Lipinski definition) is 1. The molecule has 1 unspecified atom stereocenters. The number of rotatable bonds is 6. The maximum Gasteiger partial charge on any atom is 0.374 e. The van der Waals surface area contributed by atoms with E-state index in [-0.39, 0.29) is 11.4 Å². The van der Waals surface area contributed by atoms with Crippen LogP contribution in [0.25, 0.3) is 27.9 Å². The largest absolute Gasteiger partial charge is 0.508 e. The first kappa shape index (κ1) is 25.4. The molecule has 0 aliphatic carbocycles. The van der Waals surface area contributed by atoms with E-state index in [1.807, 2.05) is 55.6 Å². The van der Waals surface area contributed by atoms with Gasteiger partial charge in [-0.25, -0.2) is 0 Å². The topological polar surface area (TPSA) is 83.6 Å². The Balaban J connectivity index is 1.51. The van der Waals surface area contributed by atoms with Crippen molar-refractivity contribution in [2.75, 3.05) is 11.9 Å². The Labute approximate surface area is 232 Å². The summed E-state index contributed by atoms with van der Waals surface area (Å²) in [6.07, 6.45) is 6.42. The monoisotopic (exact) mass is 532 g/mol. The molecule has 2 heterocycles. The Morgan fingerprint density at radius 3 is 2.65 bits per heavy atom. The molecule has 7 nitrogen and oxygen atoms in total. The number of allylic oxidation sites excluding steroid dienone is 3. The third-order valence-corrected chi connectivity index (χ3v) is 8.01. The number of non-ortho nitro benzene ring substituents is 1. The standard InChI is InChI=1S/C33H29N3O4/c1-4-35-26-12-7-8-13-29(26)40-31(35)15-9-14-30-33(2,21-23-20-24(36(38)39)17-19-28(23)37)32-25-11-6-5-10-22(25)16-18-27(32)34(30)3/h5-20H,4,21H2,1-3H3/p+1. The Kier molecular flexibility index (Phi) is 6.14. The Hall–Kier alpha value is -4.91. The molecule has 0 radical (unpaired) electrons. The lowest BCUT2D eigenvalue weighted by atomic mass is 9.74. The molecular weight excluding hydrogens is 502 g/mol. The number of nitrogens with zero attached hydrogens (tertiary/aromatic N) is 3. The van der Waals surface area contributed by atoms with E-state index in [1.165, 1.54) is 18.2 Å². The summed E-state index contributed by atoms with van der Waals surface area (Å²) in [5, 5.41) is 24.6. The predicted octanol–water partition coefficient (Wildman–Crippen LogP) is 7.05. The number of aromatic hydroxyl groups is 1. The number of likely N-dealkylation sites (N-methyl/N-ethyl adjacent to an activating group) is 1. The molecule has 0 amide bonds. The maximum atomic E-state index is 11.5. The summed E-state index contributed by atoms with van der Waals surface area (Å²) in [6, 6.07) is 24.7. The summed E-state index contributed by atoms with van der Waals surface area (Å²) in [4.78, 5) is 13.3. The number of nitro groups is 1. The van der Waals surface area contributed by atoms with E-state index in [0.717, 1.165) is 51.3 Å². The number of phenolic OH excluding ortho intramolecular Hbond substituents is 1. The van der Waals surface area contributed by atoms with Gasteiger partial charge in [0.25, 0.3) is 11.2 Å². The summed E-state index contributed by atoms with van der Waals surface area (Å²) in [5.74, 6) is 0.798. The summed E-state index contributed by atoms with van der Waals surface area (Å²) in [6.45, 7) is 5.01. The van der Waals surface area contributed by atoms with Crippen LogP contribution in [0.2, 0.25) is 0 Å². The molecule has 1 aliphatic heterocycles. The minimum Gasteiger partial charge on any atom is -0.508 e. The summed E-state index contributed by atoms with van der Waals surface area (Å²) >= 11 is 0. The van der Waals surface area contributed by atoms with Crippen LogP contribution in [0.4, 0.5) is 11.4 Å². The molecule has 6 rings (SSSR count). The highest BCUT2D eigenvalue weighted by molar-refractivity contribution is 5.95. The molecule has 1 atom stereocenters. The lowest BCUT2D eigenvalue weighted by Crippen LogP contribution is -2.33. The van der Waals surface area contributed by atoms with E-state index >= 15 is 0 Å².